The molecule has 26 heavy (non-hydrogen) atoms. The lowest BCUT2D eigenvalue weighted by molar-refractivity contribution is -0.140. The van der Waals surface area contributed by atoms with Crippen molar-refractivity contribution in [1.29, 1.82) is 0 Å². The number of benzene rings is 1. The van der Waals surface area contributed by atoms with Crippen LogP contribution in [0.5, 0.6) is 0 Å². The van der Waals surface area contributed by atoms with Gasteiger partial charge in [0.1, 0.15) is 5.82 Å². The average Bonchev–Trinajstić information content (AvgIpc) is 2.52. The van der Waals surface area contributed by atoms with E-state index in [0.29, 0.717) is 6.07 Å². The number of ether oxygens (including phenoxy) is 1. The van der Waals surface area contributed by atoms with Crippen LogP contribution in [0.1, 0.15) is 15.9 Å². The number of aliphatic carboxylic acids is 1. The third-order valence-electron chi connectivity index (χ3n) is 3.88. The molecule has 1 N–H and O–H groups in total. The lowest BCUT2D eigenvalue weighted by Crippen LogP contribution is -2.49. The number of hydrogen-bond donors (Lipinski definition) is 1. The minimum atomic E-state index is -4.90. The first-order valence-corrected chi connectivity index (χ1v) is 7.76. The molecule has 0 radical (unpaired) electrons. The highest BCUT2D eigenvalue weighted by molar-refractivity contribution is 5.94. The van der Waals surface area contributed by atoms with Gasteiger partial charge in [-0.1, -0.05) is 6.07 Å². The highest BCUT2D eigenvalue weighted by Crippen LogP contribution is 2.32. The molecule has 1 atom stereocenters. The zero-order chi connectivity index (χ0) is 19.5. The highest BCUT2D eigenvalue weighted by atomic mass is 19.4. The van der Waals surface area contributed by atoms with Crippen LogP contribution < -0.4 is 0 Å². The lowest BCUT2D eigenvalue weighted by atomic mass is 10.1. The lowest BCUT2D eigenvalue weighted by Gasteiger charge is -2.34. The van der Waals surface area contributed by atoms with Crippen molar-refractivity contribution in [2.75, 3.05) is 39.8 Å². The minimum absolute atomic E-state index is 0.0263. The molecule has 1 fully saturated rings. The van der Waals surface area contributed by atoms with Crippen LogP contribution in [-0.4, -0.2) is 72.7 Å². The number of carbonyl (C=O) groups is 2. The topological polar surface area (TPSA) is 70.1 Å². The van der Waals surface area contributed by atoms with Gasteiger partial charge in [0.15, 0.2) is 0 Å². The molecule has 6 nitrogen and oxygen atoms in total. The normalized spacial score (nSPS) is 18.2. The van der Waals surface area contributed by atoms with Gasteiger partial charge in [-0.15, -0.1) is 0 Å². The molecule has 144 valence electrons. The summed E-state index contributed by atoms with van der Waals surface area (Å²) in [4.78, 5) is 25.8. The second-order valence-corrected chi connectivity index (χ2v) is 6.00. The van der Waals surface area contributed by atoms with Crippen LogP contribution >= 0.6 is 0 Å². The molecule has 1 aliphatic rings. The van der Waals surface area contributed by atoms with Gasteiger partial charge in [-0.25, -0.2) is 4.39 Å². The summed E-state index contributed by atoms with van der Waals surface area (Å²) in [6, 6.07) is 2.57. The molecule has 1 heterocycles. The molecule has 1 aliphatic heterocycles. The molecule has 0 aromatic heterocycles. The van der Waals surface area contributed by atoms with Gasteiger partial charge in [0, 0.05) is 19.6 Å². The molecule has 0 saturated carbocycles. The minimum Gasteiger partial charge on any atom is -0.480 e. The first-order valence-electron chi connectivity index (χ1n) is 7.76. The van der Waals surface area contributed by atoms with Gasteiger partial charge >= 0.3 is 12.1 Å². The fourth-order valence-electron chi connectivity index (χ4n) is 2.74. The molecule has 1 saturated heterocycles. The first-order chi connectivity index (χ1) is 12.1. The Hall–Kier alpha value is -2.20. The maximum atomic E-state index is 14.2. The van der Waals surface area contributed by atoms with Gasteiger partial charge in [0.25, 0.3) is 5.91 Å². The van der Waals surface area contributed by atoms with Gasteiger partial charge in [-0.3, -0.25) is 14.5 Å². The number of carbonyl (C=O) groups excluding carboxylic acids is 1. The third kappa shape index (κ3) is 4.92. The fraction of sp³-hybridized carbons (Fsp3) is 0.500. The van der Waals surface area contributed by atoms with E-state index in [1.807, 2.05) is 0 Å². The second kappa shape index (κ2) is 8.00. The van der Waals surface area contributed by atoms with E-state index in [0.717, 1.165) is 12.1 Å². The molecule has 1 aromatic rings. The van der Waals surface area contributed by atoms with Crippen molar-refractivity contribution in [1.82, 2.24) is 9.80 Å². The summed E-state index contributed by atoms with van der Waals surface area (Å²) in [7, 11) is 1.56. The monoisotopic (exact) mass is 378 g/mol. The molecule has 0 unspecified atom stereocenters. The van der Waals surface area contributed by atoms with Crippen LogP contribution in [0.4, 0.5) is 17.6 Å². The molecular weight excluding hydrogens is 360 g/mol. The fourth-order valence-corrected chi connectivity index (χ4v) is 2.74. The van der Waals surface area contributed by atoms with E-state index in [1.54, 1.807) is 7.05 Å². The van der Waals surface area contributed by atoms with E-state index < -0.39 is 41.1 Å². The number of likely N-dealkylation sites (N-methyl/N-ethyl adjacent to an activating group) is 1. The van der Waals surface area contributed by atoms with Gasteiger partial charge in [-0.2, -0.15) is 13.2 Å². The zero-order valence-electron chi connectivity index (χ0n) is 13.9. The third-order valence-corrected chi connectivity index (χ3v) is 3.88. The van der Waals surface area contributed by atoms with Crippen molar-refractivity contribution < 1.29 is 37.0 Å². The Morgan fingerprint density at radius 1 is 1.38 bits per heavy atom. The van der Waals surface area contributed by atoms with E-state index in [2.05, 4.69) is 0 Å². The van der Waals surface area contributed by atoms with Gasteiger partial charge in [0.2, 0.25) is 0 Å². The van der Waals surface area contributed by atoms with Crippen LogP contribution in [0.25, 0.3) is 0 Å². The predicted molar refractivity (Wildman–Crippen MR) is 82.2 cm³/mol. The standard InChI is InChI=1S/C16H18F4N2O4/c1-21(9-13(23)24)7-10-8-22(5-6-26-10)15(25)11-3-2-4-12(14(11)17)16(18,19)20/h2-4,10H,5-9H2,1H3,(H,23,24)/t10-/m0/s1. The summed E-state index contributed by atoms with van der Waals surface area (Å²) in [6.45, 7) is 0.237. The predicted octanol–water partition coefficient (Wildman–Crippen LogP) is 1.70. The molecule has 1 amide bonds. The van der Waals surface area contributed by atoms with Gasteiger partial charge < -0.3 is 14.7 Å². The van der Waals surface area contributed by atoms with Gasteiger partial charge in [-0.05, 0) is 19.2 Å². The Kier molecular flexibility index (Phi) is 6.19. The molecule has 2 rings (SSSR count). The number of carboxylic acids is 1. The number of rotatable bonds is 5. The average molecular weight is 378 g/mol. The molecule has 0 spiro atoms. The van der Waals surface area contributed by atoms with Crippen molar-refractivity contribution >= 4 is 11.9 Å². The number of morpholine rings is 1. The Bertz CT molecular complexity index is 681. The molecule has 10 heteroatoms. The molecule has 0 aliphatic carbocycles. The maximum absolute atomic E-state index is 14.2. The van der Waals surface area contributed by atoms with E-state index in [9.17, 15) is 27.2 Å². The Morgan fingerprint density at radius 2 is 2.08 bits per heavy atom. The molecule has 0 bridgehead atoms. The smallest absolute Gasteiger partial charge is 0.419 e. The van der Waals surface area contributed by atoms with E-state index in [-0.39, 0.29) is 32.8 Å². The SMILES string of the molecule is CN(CC(=O)O)C[C@H]1CN(C(=O)c2cccc(C(F)(F)F)c2F)CCO1. The van der Waals surface area contributed by atoms with Gasteiger partial charge in [0.05, 0.1) is 30.4 Å². The first kappa shape index (κ1) is 20.1. The summed E-state index contributed by atoms with van der Waals surface area (Å²) in [5, 5.41) is 8.74. The van der Waals surface area contributed by atoms with Crippen molar-refractivity contribution in [3.63, 3.8) is 0 Å². The van der Waals surface area contributed by atoms with Crippen molar-refractivity contribution in [2.45, 2.75) is 12.3 Å². The number of halogens is 4. The number of hydrogen-bond acceptors (Lipinski definition) is 4. The Labute approximate surface area is 146 Å². The van der Waals surface area contributed by atoms with Crippen LogP contribution in [0, 0.1) is 5.82 Å². The van der Waals surface area contributed by atoms with Crippen LogP contribution in [0.2, 0.25) is 0 Å². The van der Waals surface area contributed by atoms with Crippen molar-refractivity contribution in [3.8, 4) is 0 Å². The van der Waals surface area contributed by atoms with Crippen LogP contribution in [0.15, 0.2) is 18.2 Å². The van der Waals surface area contributed by atoms with E-state index >= 15 is 0 Å². The molecule has 1 aromatic carbocycles. The number of nitrogens with zero attached hydrogens (tertiary/aromatic N) is 2. The van der Waals surface area contributed by atoms with Crippen LogP contribution in [-0.2, 0) is 15.7 Å². The zero-order valence-corrected chi connectivity index (χ0v) is 13.9. The number of alkyl halides is 3. The highest BCUT2D eigenvalue weighted by Gasteiger charge is 2.37. The van der Waals surface area contributed by atoms with E-state index in [1.165, 1.54) is 9.80 Å². The Balaban J connectivity index is 2.11. The summed E-state index contributed by atoms with van der Waals surface area (Å²) in [5.41, 5.74) is -2.14. The summed E-state index contributed by atoms with van der Waals surface area (Å²) < 4.78 is 58.0. The largest absolute Gasteiger partial charge is 0.480 e. The second-order valence-electron chi connectivity index (χ2n) is 6.00. The van der Waals surface area contributed by atoms with Crippen LogP contribution in [0.3, 0.4) is 0 Å². The van der Waals surface area contributed by atoms with Crippen molar-refractivity contribution in [2.24, 2.45) is 0 Å². The van der Waals surface area contributed by atoms with Crippen molar-refractivity contribution in [3.05, 3.63) is 35.1 Å². The maximum Gasteiger partial charge on any atom is 0.419 e. The summed E-state index contributed by atoms with van der Waals surface area (Å²) in [5.74, 6) is -3.49. The number of amides is 1. The van der Waals surface area contributed by atoms with E-state index in [4.69, 9.17) is 9.84 Å². The molecular formula is C16H18F4N2O4. The summed E-state index contributed by atoms with van der Waals surface area (Å²) >= 11 is 0. The number of carboxylic acid groups (broad SMARTS) is 1. The Morgan fingerprint density at radius 3 is 2.69 bits per heavy atom. The quantitative estimate of drug-likeness (QED) is 0.790. The summed E-state index contributed by atoms with van der Waals surface area (Å²) in [6.07, 6.45) is -5.42.